The van der Waals surface area contributed by atoms with E-state index in [1.54, 1.807) is 31.2 Å². The highest BCUT2D eigenvalue weighted by molar-refractivity contribution is 6.31. The lowest BCUT2D eigenvalue weighted by molar-refractivity contribution is -0.137. The number of aryl methyl sites for hydroxylation is 2. The number of halogens is 5. The Morgan fingerprint density at radius 1 is 1.06 bits per heavy atom. The first kappa shape index (κ1) is 25.3. The first-order valence-corrected chi connectivity index (χ1v) is 11.2. The van der Waals surface area contributed by atoms with Crippen molar-refractivity contribution in [1.82, 2.24) is 20.2 Å². The van der Waals surface area contributed by atoms with Crippen molar-refractivity contribution in [3.8, 4) is 11.4 Å². The van der Waals surface area contributed by atoms with Crippen molar-refractivity contribution in [2.45, 2.75) is 32.9 Å². The van der Waals surface area contributed by atoms with Gasteiger partial charge in [0.1, 0.15) is 5.78 Å². The molecule has 0 saturated heterocycles. The second kappa shape index (κ2) is 10.1. The Bertz CT molecular complexity index is 1430. The zero-order valence-corrected chi connectivity index (χ0v) is 19.9. The van der Waals surface area contributed by atoms with Gasteiger partial charge in [-0.15, -0.1) is 0 Å². The largest absolute Gasteiger partial charge is 0.417 e. The molecule has 0 amide bonds. The van der Waals surface area contributed by atoms with Crippen molar-refractivity contribution in [2.24, 2.45) is 0 Å². The summed E-state index contributed by atoms with van der Waals surface area (Å²) in [7, 11) is 0. The summed E-state index contributed by atoms with van der Waals surface area (Å²) in [5, 5.41) is 9.14. The Kier molecular flexibility index (Phi) is 7.07. The zero-order chi connectivity index (χ0) is 26.0. The van der Waals surface area contributed by atoms with Crippen LogP contribution in [0.5, 0.6) is 0 Å². The average molecular weight is 518 g/mol. The number of hydrogen-bond acceptors (Lipinski definition) is 5. The van der Waals surface area contributed by atoms with Crippen LogP contribution in [0.15, 0.2) is 48.7 Å². The van der Waals surface area contributed by atoms with Gasteiger partial charge in [-0.2, -0.15) is 18.3 Å². The van der Waals surface area contributed by atoms with Crippen LogP contribution in [0.1, 0.15) is 27.9 Å². The molecular formula is C25H20ClF4N5O. The van der Waals surface area contributed by atoms with Gasteiger partial charge in [0.25, 0.3) is 0 Å². The summed E-state index contributed by atoms with van der Waals surface area (Å²) in [6.45, 7) is 3.63. The van der Waals surface area contributed by atoms with Crippen LogP contribution in [0.25, 0.3) is 11.4 Å². The second-order valence-corrected chi connectivity index (χ2v) is 8.71. The first-order valence-electron chi connectivity index (χ1n) is 10.8. The lowest BCUT2D eigenvalue weighted by atomic mass is 9.98. The standard InChI is InChI=1S/C25H20ClF4N5O/c1-13-3-4-15(8-17(36)9-16-5-6-20(26)19(11-16)25(28,29)30)10-18(13)23-31-12-21(27)24(33-23)32-22-7-14(2)34-35-22/h3-7,10-12H,8-9H2,1-2H3,(H2,31,32,33,34,35). The minimum Gasteiger partial charge on any atom is -0.321 e. The summed E-state index contributed by atoms with van der Waals surface area (Å²) < 4.78 is 53.7. The van der Waals surface area contributed by atoms with Crippen molar-refractivity contribution >= 4 is 29.0 Å². The normalized spacial score (nSPS) is 11.5. The van der Waals surface area contributed by atoms with Crippen LogP contribution >= 0.6 is 11.6 Å². The number of aromatic amines is 1. The lowest BCUT2D eigenvalue weighted by Crippen LogP contribution is -2.10. The second-order valence-electron chi connectivity index (χ2n) is 8.30. The number of benzene rings is 2. The van der Waals surface area contributed by atoms with Crippen LogP contribution in [0.2, 0.25) is 5.02 Å². The van der Waals surface area contributed by atoms with E-state index in [0.717, 1.165) is 29.6 Å². The van der Waals surface area contributed by atoms with Crippen LogP contribution in [0.3, 0.4) is 0 Å². The lowest BCUT2D eigenvalue weighted by Gasteiger charge is -2.11. The molecule has 0 aliphatic rings. The Morgan fingerprint density at radius 2 is 1.75 bits per heavy atom. The van der Waals surface area contributed by atoms with Gasteiger partial charge in [0.15, 0.2) is 23.3 Å². The number of carbonyl (C=O) groups excluding carboxylic acids is 1. The molecule has 2 heterocycles. The SMILES string of the molecule is Cc1cc(Nc2nc(-c3cc(CC(=O)Cc4ccc(Cl)c(C(F)(F)F)c4)ccc3C)ncc2F)n[nH]1. The molecule has 0 atom stereocenters. The number of aromatic nitrogens is 4. The molecule has 0 aliphatic carbocycles. The number of Topliss-reactive ketones (excluding diaryl/α,β-unsaturated/α-hetero) is 1. The zero-order valence-electron chi connectivity index (χ0n) is 19.2. The first-order chi connectivity index (χ1) is 17.0. The Morgan fingerprint density at radius 3 is 2.42 bits per heavy atom. The van der Waals surface area contributed by atoms with E-state index >= 15 is 0 Å². The Hall–Kier alpha value is -3.79. The fourth-order valence-electron chi connectivity index (χ4n) is 3.63. The third-order valence-corrected chi connectivity index (χ3v) is 5.71. The van der Waals surface area contributed by atoms with Crippen molar-refractivity contribution in [1.29, 1.82) is 0 Å². The van der Waals surface area contributed by atoms with Crippen LogP contribution < -0.4 is 5.32 Å². The molecule has 0 unspecified atom stereocenters. The van der Waals surface area contributed by atoms with Crippen LogP contribution in [0.4, 0.5) is 29.2 Å². The number of H-pyrrole nitrogens is 1. The van der Waals surface area contributed by atoms with E-state index in [2.05, 4.69) is 25.5 Å². The van der Waals surface area contributed by atoms with Gasteiger partial charge in [0.05, 0.1) is 16.8 Å². The highest BCUT2D eigenvalue weighted by Crippen LogP contribution is 2.35. The molecule has 36 heavy (non-hydrogen) atoms. The fourth-order valence-corrected chi connectivity index (χ4v) is 3.85. The molecule has 0 spiro atoms. The maximum Gasteiger partial charge on any atom is 0.417 e. The number of nitrogens with zero attached hydrogens (tertiary/aromatic N) is 3. The molecule has 186 valence electrons. The molecule has 2 aromatic heterocycles. The van der Waals surface area contributed by atoms with Gasteiger partial charge in [-0.3, -0.25) is 9.89 Å². The third-order valence-electron chi connectivity index (χ3n) is 5.38. The van der Waals surface area contributed by atoms with Gasteiger partial charge in [0.2, 0.25) is 0 Å². The molecule has 4 rings (SSSR count). The highest BCUT2D eigenvalue weighted by Gasteiger charge is 2.33. The molecule has 11 heteroatoms. The van der Waals surface area contributed by atoms with E-state index < -0.39 is 22.6 Å². The van der Waals surface area contributed by atoms with Gasteiger partial charge < -0.3 is 5.32 Å². The van der Waals surface area contributed by atoms with Gasteiger partial charge in [-0.1, -0.05) is 29.8 Å². The molecular weight excluding hydrogens is 498 g/mol. The van der Waals surface area contributed by atoms with Crippen molar-refractivity contribution in [3.63, 3.8) is 0 Å². The van der Waals surface area contributed by atoms with Gasteiger partial charge in [-0.25, -0.2) is 14.4 Å². The Balaban J connectivity index is 1.54. The maximum atomic E-state index is 14.3. The molecule has 0 saturated carbocycles. The molecule has 0 fully saturated rings. The smallest absolute Gasteiger partial charge is 0.321 e. The minimum absolute atomic E-state index is 0.0178. The summed E-state index contributed by atoms with van der Waals surface area (Å²) in [6.07, 6.45) is -3.77. The number of ketones is 1. The topological polar surface area (TPSA) is 83.6 Å². The molecule has 4 aromatic rings. The number of hydrogen-bond donors (Lipinski definition) is 2. The van der Waals surface area contributed by atoms with Gasteiger partial charge in [0, 0.05) is 30.2 Å². The summed E-state index contributed by atoms with van der Waals surface area (Å²) >= 11 is 5.66. The third kappa shape index (κ3) is 5.88. The van der Waals surface area contributed by atoms with E-state index in [1.807, 2.05) is 6.92 Å². The molecule has 0 radical (unpaired) electrons. The van der Waals surface area contributed by atoms with Crippen LogP contribution in [0, 0.1) is 19.7 Å². The van der Waals surface area contributed by atoms with E-state index in [9.17, 15) is 22.4 Å². The van der Waals surface area contributed by atoms with Crippen molar-refractivity contribution in [2.75, 3.05) is 5.32 Å². The van der Waals surface area contributed by atoms with Crippen molar-refractivity contribution in [3.05, 3.63) is 87.4 Å². The van der Waals surface area contributed by atoms with Crippen molar-refractivity contribution < 1.29 is 22.4 Å². The quantitative estimate of drug-likeness (QED) is 0.277. The number of nitrogens with one attached hydrogen (secondary N) is 2. The monoisotopic (exact) mass is 517 g/mol. The Labute approximate surface area is 208 Å². The van der Waals surface area contributed by atoms with Gasteiger partial charge in [-0.05, 0) is 48.7 Å². The summed E-state index contributed by atoms with van der Waals surface area (Å²) in [5.74, 6) is -0.370. The van der Waals surface area contributed by atoms with Crippen LogP contribution in [-0.2, 0) is 23.8 Å². The summed E-state index contributed by atoms with van der Waals surface area (Å²) in [6, 6.07) is 10.4. The van der Waals surface area contributed by atoms with E-state index in [-0.39, 0.29) is 35.8 Å². The number of carbonyl (C=O) groups is 1. The van der Waals surface area contributed by atoms with Crippen LogP contribution in [-0.4, -0.2) is 25.9 Å². The number of alkyl halides is 3. The minimum atomic E-state index is -4.61. The maximum absolute atomic E-state index is 14.3. The van der Waals surface area contributed by atoms with E-state index in [4.69, 9.17) is 11.6 Å². The van der Waals surface area contributed by atoms with Gasteiger partial charge >= 0.3 is 6.18 Å². The summed E-state index contributed by atoms with van der Waals surface area (Å²) in [5.41, 5.74) is 2.04. The predicted molar refractivity (Wildman–Crippen MR) is 128 cm³/mol. The highest BCUT2D eigenvalue weighted by atomic mass is 35.5. The fraction of sp³-hybridized carbons (Fsp3) is 0.200. The van der Waals surface area contributed by atoms with E-state index in [1.165, 1.54) is 6.07 Å². The molecule has 0 bridgehead atoms. The molecule has 0 aliphatic heterocycles. The van der Waals surface area contributed by atoms with E-state index in [0.29, 0.717) is 16.9 Å². The molecule has 2 N–H and O–H groups in total. The average Bonchev–Trinajstić information content (AvgIpc) is 3.21. The summed E-state index contributed by atoms with van der Waals surface area (Å²) in [4.78, 5) is 21.0. The molecule has 2 aromatic carbocycles. The number of rotatable bonds is 7. The number of anilines is 2. The molecule has 6 nitrogen and oxygen atoms in total. The predicted octanol–water partition coefficient (Wildman–Crippen LogP) is 6.39.